The average Bonchev–Trinajstić information content (AvgIpc) is 2.93. The zero-order chi connectivity index (χ0) is 21.9. The van der Waals surface area contributed by atoms with Gasteiger partial charge in [-0.05, 0) is 19.7 Å². The summed E-state index contributed by atoms with van der Waals surface area (Å²) in [6.45, 7) is -0.0837. The number of likely N-dealkylation sites (N-methyl/N-ethyl adjacent to an activating group) is 1. The molecule has 0 radical (unpaired) electrons. The molecule has 0 aromatic rings. The van der Waals surface area contributed by atoms with E-state index in [4.69, 9.17) is 26.6 Å². The van der Waals surface area contributed by atoms with Gasteiger partial charge >= 0.3 is 29.3 Å². The fourth-order valence-corrected chi connectivity index (χ4v) is 4.73. The molecule has 3 atom stereocenters. The van der Waals surface area contributed by atoms with E-state index in [1.165, 1.54) is 6.92 Å². The minimum Gasteiger partial charge on any atom is -0.480 e. The number of nitrogens with two attached hydrogens (primary N) is 2. The van der Waals surface area contributed by atoms with Gasteiger partial charge in [0, 0.05) is 25.6 Å². The van der Waals surface area contributed by atoms with E-state index >= 15 is 0 Å². The zero-order valence-electron chi connectivity index (χ0n) is 15.3. The Kier molecular flexibility index (Phi) is 7.93. The summed E-state index contributed by atoms with van der Waals surface area (Å²) < 4.78 is 26.6. The van der Waals surface area contributed by atoms with Crippen LogP contribution in [0.3, 0.4) is 0 Å². The third-order valence-corrected chi connectivity index (χ3v) is 6.60. The highest BCUT2D eigenvalue weighted by Crippen LogP contribution is 2.33. The smallest absolute Gasteiger partial charge is 0.451 e. The summed E-state index contributed by atoms with van der Waals surface area (Å²) in [6.07, 6.45) is 0.232. The Morgan fingerprint density at radius 1 is 1.32 bits per heavy atom. The molecule has 1 aliphatic rings. The molecule has 1 heterocycles. The third-order valence-electron chi connectivity index (χ3n) is 4.67. The number of carboxylic acid groups (broad SMARTS) is 2. The number of carboxylic acids is 2. The van der Waals surface area contributed by atoms with Crippen molar-refractivity contribution in [3.8, 4) is 0 Å². The molecule has 13 nitrogen and oxygen atoms in total. The van der Waals surface area contributed by atoms with E-state index in [1.807, 2.05) is 0 Å². The second-order valence-electron chi connectivity index (χ2n) is 6.57. The van der Waals surface area contributed by atoms with Gasteiger partial charge in [0.05, 0.1) is 0 Å². The first-order valence-corrected chi connectivity index (χ1v) is 9.87. The van der Waals surface area contributed by atoms with Crippen LogP contribution in [0.2, 0.25) is 6.32 Å². The number of aliphatic carboxylic acids is 2. The van der Waals surface area contributed by atoms with Crippen molar-refractivity contribution in [3.63, 3.8) is 0 Å². The van der Waals surface area contributed by atoms with Gasteiger partial charge < -0.3 is 31.7 Å². The van der Waals surface area contributed by atoms with E-state index in [1.54, 1.807) is 0 Å². The van der Waals surface area contributed by atoms with Crippen LogP contribution in [0.5, 0.6) is 0 Å². The summed E-state index contributed by atoms with van der Waals surface area (Å²) in [5, 5.41) is 36.1. The third kappa shape index (κ3) is 4.98. The largest absolute Gasteiger partial charge is 0.480 e. The molecule has 0 aromatic carbocycles. The topological polar surface area (TPSA) is 225 Å². The summed E-state index contributed by atoms with van der Waals surface area (Å²) in [6, 6.07) is -2.10. The minimum atomic E-state index is -4.58. The average molecular weight is 424 g/mol. The normalized spacial score (nSPS) is 24.0. The van der Waals surface area contributed by atoms with Crippen molar-refractivity contribution in [1.29, 1.82) is 0 Å². The number of hydrogen-bond donors (Lipinski definition) is 6. The van der Waals surface area contributed by atoms with E-state index in [0.717, 1.165) is 0 Å². The van der Waals surface area contributed by atoms with Crippen molar-refractivity contribution in [3.05, 3.63) is 0 Å². The standard InChI is InChI=1S/C13H25BN4O9S/c1-2-18(10(19)9(15)11(20)21)28(26,27)17-6-8(4-3-5-14(24)25)13(16,7-17)12(22)23/h8-9,24-25H,2-7,15-16H2,1H3,(H,20,21)(H,22,23)/t8-,9?,13-/m0/s1. The van der Waals surface area contributed by atoms with E-state index < -0.39 is 65.8 Å². The molecule has 0 saturated carbocycles. The second-order valence-corrected chi connectivity index (χ2v) is 8.43. The van der Waals surface area contributed by atoms with Crippen LogP contribution in [0.1, 0.15) is 19.8 Å². The summed E-state index contributed by atoms with van der Waals surface area (Å²) in [7, 11) is -6.17. The minimum absolute atomic E-state index is 0.0496. The van der Waals surface area contributed by atoms with Crippen LogP contribution in [-0.2, 0) is 24.6 Å². The Morgan fingerprint density at radius 2 is 1.89 bits per heavy atom. The molecule has 1 rings (SSSR count). The molecule has 0 aliphatic carbocycles. The summed E-state index contributed by atoms with van der Waals surface area (Å²) in [4.78, 5) is 34.7. The molecule has 160 valence electrons. The van der Waals surface area contributed by atoms with Crippen LogP contribution in [0, 0.1) is 5.92 Å². The van der Waals surface area contributed by atoms with Gasteiger partial charge in [0.15, 0.2) is 6.04 Å². The lowest BCUT2D eigenvalue weighted by Gasteiger charge is -2.28. The molecule has 0 spiro atoms. The fraction of sp³-hybridized carbons (Fsp3) is 0.769. The van der Waals surface area contributed by atoms with Crippen molar-refractivity contribution in [2.24, 2.45) is 17.4 Å². The number of rotatable bonds is 10. The maximum absolute atomic E-state index is 12.8. The maximum atomic E-state index is 12.8. The molecule has 1 aliphatic heterocycles. The number of carbonyl (C=O) groups is 3. The number of amides is 1. The predicted octanol–water partition coefficient (Wildman–Crippen LogP) is -3.54. The van der Waals surface area contributed by atoms with Crippen molar-refractivity contribution in [1.82, 2.24) is 8.61 Å². The monoisotopic (exact) mass is 424 g/mol. The highest BCUT2D eigenvalue weighted by Gasteiger charge is 2.54. The molecule has 15 heteroatoms. The Morgan fingerprint density at radius 3 is 2.32 bits per heavy atom. The lowest BCUT2D eigenvalue weighted by Crippen LogP contribution is -2.57. The first-order chi connectivity index (χ1) is 12.8. The second kappa shape index (κ2) is 9.15. The fourth-order valence-electron chi connectivity index (χ4n) is 3.04. The first-order valence-electron chi connectivity index (χ1n) is 8.47. The van der Waals surface area contributed by atoms with Gasteiger partial charge in [-0.15, -0.1) is 0 Å². The Bertz CT molecular complexity index is 719. The molecule has 0 bridgehead atoms. The molecular weight excluding hydrogens is 399 g/mol. The molecule has 0 aromatic heterocycles. The molecular formula is C13H25BN4O9S. The molecule has 1 unspecified atom stereocenters. The van der Waals surface area contributed by atoms with Crippen molar-refractivity contribution in [2.75, 3.05) is 19.6 Å². The van der Waals surface area contributed by atoms with Crippen LogP contribution in [-0.4, -0.2) is 93.5 Å². The number of carbonyl (C=O) groups excluding carboxylic acids is 1. The van der Waals surface area contributed by atoms with Gasteiger partial charge in [-0.3, -0.25) is 9.59 Å². The highest BCUT2D eigenvalue weighted by molar-refractivity contribution is 7.87. The summed E-state index contributed by atoms with van der Waals surface area (Å²) in [5.74, 6) is -5.38. The molecule has 1 saturated heterocycles. The van der Waals surface area contributed by atoms with Crippen LogP contribution in [0.4, 0.5) is 0 Å². The molecule has 28 heavy (non-hydrogen) atoms. The SMILES string of the molecule is CCN(C(=O)C(N)C(=O)O)S(=O)(=O)N1C[C@H](CCCB(O)O)[C@](N)(C(=O)O)C1. The van der Waals surface area contributed by atoms with Crippen molar-refractivity contribution >= 4 is 35.2 Å². The van der Waals surface area contributed by atoms with Gasteiger partial charge in [-0.25, -0.2) is 9.10 Å². The van der Waals surface area contributed by atoms with E-state index in [-0.39, 0.29) is 30.0 Å². The van der Waals surface area contributed by atoms with Gasteiger partial charge in [0.25, 0.3) is 5.91 Å². The lowest BCUT2D eigenvalue weighted by molar-refractivity contribution is -0.145. The van der Waals surface area contributed by atoms with Crippen LogP contribution in [0.15, 0.2) is 0 Å². The van der Waals surface area contributed by atoms with E-state index in [2.05, 4.69) is 0 Å². The van der Waals surface area contributed by atoms with Gasteiger partial charge in [0.2, 0.25) is 0 Å². The molecule has 1 fully saturated rings. The van der Waals surface area contributed by atoms with Crippen molar-refractivity contribution in [2.45, 2.75) is 37.7 Å². The first kappa shape index (κ1) is 24.3. The van der Waals surface area contributed by atoms with Crippen LogP contribution in [0.25, 0.3) is 0 Å². The summed E-state index contributed by atoms with van der Waals surface area (Å²) in [5.41, 5.74) is 9.18. The number of nitrogens with zero attached hydrogens (tertiary/aromatic N) is 2. The van der Waals surface area contributed by atoms with Crippen LogP contribution >= 0.6 is 0 Å². The van der Waals surface area contributed by atoms with Gasteiger partial charge in [-0.1, -0.05) is 6.42 Å². The highest BCUT2D eigenvalue weighted by atomic mass is 32.2. The molecule has 1 amide bonds. The lowest BCUT2D eigenvalue weighted by atomic mass is 9.78. The Balaban J connectivity index is 3.11. The van der Waals surface area contributed by atoms with E-state index in [0.29, 0.717) is 4.31 Å². The van der Waals surface area contributed by atoms with Gasteiger partial charge in [0.1, 0.15) is 5.54 Å². The number of hydrogen-bond acceptors (Lipinski definition) is 9. The maximum Gasteiger partial charge on any atom is 0.451 e. The van der Waals surface area contributed by atoms with Crippen molar-refractivity contribution < 1.29 is 43.1 Å². The molecule has 8 N–H and O–H groups in total. The summed E-state index contributed by atoms with van der Waals surface area (Å²) >= 11 is 0. The van der Waals surface area contributed by atoms with E-state index in [9.17, 15) is 27.9 Å². The van der Waals surface area contributed by atoms with Crippen LogP contribution < -0.4 is 11.5 Å². The van der Waals surface area contributed by atoms with Gasteiger partial charge in [-0.2, -0.15) is 12.7 Å². The Labute approximate surface area is 162 Å². The zero-order valence-corrected chi connectivity index (χ0v) is 16.1. The predicted molar refractivity (Wildman–Crippen MR) is 95.8 cm³/mol. The quantitative estimate of drug-likeness (QED) is 0.149. The Hall–Kier alpha value is -1.78.